The molecule has 0 aromatic carbocycles. The second-order valence-corrected chi connectivity index (χ2v) is 20.4. The van der Waals surface area contributed by atoms with Gasteiger partial charge in [0.2, 0.25) is 5.91 Å². The third-order valence-corrected chi connectivity index (χ3v) is 13.3. The third kappa shape index (κ3) is 44.6. The first-order valence-corrected chi connectivity index (χ1v) is 30.7. The number of hydrogen-bond donors (Lipinski definition) is 6. The number of aliphatic hydroxyl groups is 5. The highest BCUT2D eigenvalue weighted by Crippen LogP contribution is 2.23. The molecule has 1 aliphatic rings. The largest absolute Gasteiger partial charge is 0.394 e. The molecule has 0 radical (unpaired) electrons. The summed E-state index contributed by atoms with van der Waals surface area (Å²) < 4.78 is 11.2. The standard InChI is InChI=1S/C69H111NO8/c1-3-5-7-9-11-13-15-17-19-20-21-22-23-24-25-26-27-28-29-30-31-32-33-34-35-36-37-38-39-40-41-42-43-44-45-47-49-51-53-55-57-59-65(73)70-62(61-77-69-68(76)67(75)66(74)64(60-71)78-69)63(72)58-56-54-52-50-48-46-18-16-14-12-10-8-6-4-2/h5,7,11,13,17,19,21-22,24-25,27-28,30-31,33-34,36-37,39-40,42-43,48,50,56,58,62-64,66-69,71-72,74-76H,3-4,6,8-10,12,14-16,18,20,23,26,29,32,35,38,41,44-47,49,51-55,57,59-61H2,1-2H3,(H,70,73)/b7-5-,13-11-,19-17-,22-21-,25-24-,28-27-,31-30-,34-33-,37-36-,40-39-,43-42-,50-48+,58-56+. The van der Waals surface area contributed by atoms with Crippen molar-refractivity contribution in [3.8, 4) is 0 Å². The zero-order valence-corrected chi connectivity index (χ0v) is 48.8. The molecule has 7 unspecified atom stereocenters. The Labute approximate surface area is 475 Å². The van der Waals surface area contributed by atoms with E-state index in [1.165, 1.54) is 70.6 Å². The second kappa shape index (κ2) is 56.1. The van der Waals surface area contributed by atoms with E-state index in [-0.39, 0.29) is 12.5 Å². The summed E-state index contributed by atoms with van der Waals surface area (Å²) in [6.45, 7) is 3.61. The van der Waals surface area contributed by atoms with Crippen molar-refractivity contribution in [1.82, 2.24) is 5.32 Å². The third-order valence-electron chi connectivity index (χ3n) is 13.3. The molecule has 0 bridgehead atoms. The van der Waals surface area contributed by atoms with Crippen LogP contribution >= 0.6 is 0 Å². The smallest absolute Gasteiger partial charge is 0.220 e. The molecule has 1 saturated heterocycles. The molecule has 9 heteroatoms. The average Bonchev–Trinajstić information content (AvgIpc) is 3.46. The van der Waals surface area contributed by atoms with Gasteiger partial charge in [-0.05, 0) is 116 Å². The molecule has 0 aromatic heterocycles. The van der Waals surface area contributed by atoms with Crippen LogP contribution in [0.4, 0.5) is 0 Å². The van der Waals surface area contributed by atoms with Crippen LogP contribution in [0.25, 0.3) is 0 Å². The molecular formula is C69H111NO8. The summed E-state index contributed by atoms with van der Waals surface area (Å²) in [5, 5.41) is 54.4. The van der Waals surface area contributed by atoms with Gasteiger partial charge in [0.25, 0.3) is 0 Å². The van der Waals surface area contributed by atoms with E-state index < -0.39 is 49.5 Å². The molecule has 1 amide bonds. The maximum atomic E-state index is 13.0. The molecule has 440 valence electrons. The fourth-order valence-electron chi connectivity index (χ4n) is 8.53. The van der Waals surface area contributed by atoms with Crippen LogP contribution in [0, 0.1) is 0 Å². The molecule has 7 atom stereocenters. The molecule has 1 fully saturated rings. The number of unbranched alkanes of at least 4 members (excludes halogenated alkanes) is 16. The lowest BCUT2D eigenvalue weighted by Gasteiger charge is -2.40. The topological polar surface area (TPSA) is 149 Å². The van der Waals surface area contributed by atoms with Crippen molar-refractivity contribution in [2.24, 2.45) is 0 Å². The van der Waals surface area contributed by atoms with Gasteiger partial charge in [-0.2, -0.15) is 0 Å². The van der Waals surface area contributed by atoms with E-state index in [0.29, 0.717) is 6.42 Å². The Morgan fingerprint density at radius 2 is 0.808 bits per heavy atom. The maximum absolute atomic E-state index is 13.0. The normalized spacial score (nSPS) is 19.8. The van der Waals surface area contributed by atoms with E-state index in [9.17, 15) is 30.3 Å². The number of allylic oxidation sites excluding steroid dienone is 25. The van der Waals surface area contributed by atoms with Crippen molar-refractivity contribution < 1.29 is 39.8 Å². The molecule has 78 heavy (non-hydrogen) atoms. The Morgan fingerprint density at radius 1 is 0.449 bits per heavy atom. The minimum atomic E-state index is -1.58. The molecule has 1 heterocycles. The van der Waals surface area contributed by atoms with Gasteiger partial charge >= 0.3 is 0 Å². The fourth-order valence-corrected chi connectivity index (χ4v) is 8.53. The minimum Gasteiger partial charge on any atom is -0.394 e. The van der Waals surface area contributed by atoms with Gasteiger partial charge in [0.1, 0.15) is 24.4 Å². The van der Waals surface area contributed by atoms with Crippen molar-refractivity contribution in [3.63, 3.8) is 0 Å². The van der Waals surface area contributed by atoms with Crippen LogP contribution in [-0.4, -0.2) is 87.5 Å². The number of rotatable bonds is 50. The fraction of sp³-hybridized carbons (Fsp3) is 0.609. The summed E-state index contributed by atoms with van der Waals surface area (Å²) in [6.07, 6.45) is 81.7. The highest BCUT2D eigenvalue weighted by atomic mass is 16.7. The Kier molecular flexibility index (Phi) is 51.7. The minimum absolute atomic E-state index is 0.206. The van der Waals surface area contributed by atoms with Gasteiger partial charge < -0.3 is 40.3 Å². The van der Waals surface area contributed by atoms with E-state index in [4.69, 9.17) is 9.47 Å². The number of amides is 1. The van der Waals surface area contributed by atoms with Gasteiger partial charge in [0.05, 0.1) is 25.4 Å². The van der Waals surface area contributed by atoms with E-state index in [1.54, 1.807) is 6.08 Å². The average molecular weight is 1080 g/mol. The van der Waals surface area contributed by atoms with Crippen LogP contribution in [0.2, 0.25) is 0 Å². The number of nitrogens with one attached hydrogen (secondary N) is 1. The van der Waals surface area contributed by atoms with Crippen molar-refractivity contribution in [2.75, 3.05) is 13.2 Å². The zero-order valence-electron chi connectivity index (χ0n) is 48.8. The maximum Gasteiger partial charge on any atom is 0.220 e. The first-order chi connectivity index (χ1) is 38.3. The summed E-state index contributed by atoms with van der Waals surface area (Å²) in [5.41, 5.74) is 0. The Hall–Kier alpha value is -4.19. The van der Waals surface area contributed by atoms with E-state index in [2.05, 4.69) is 165 Å². The first kappa shape index (κ1) is 71.8. The Bertz CT molecular complexity index is 1780. The van der Waals surface area contributed by atoms with E-state index in [1.807, 2.05) is 6.08 Å². The number of aliphatic hydroxyl groups excluding tert-OH is 5. The number of carbonyl (C=O) groups is 1. The van der Waals surface area contributed by atoms with Crippen LogP contribution in [0.15, 0.2) is 158 Å². The quantitative estimate of drug-likeness (QED) is 0.0261. The van der Waals surface area contributed by atoms with Crippen LogP contribution < -0.4 is 5.32 Å². The molecule has 0 aromatic rings. The van der Waals surface area contributed by atoms with Gasteiger partial charge in [0, 0.05) is 6.42 Å². The van der Waals surface area contributed by atoms with Gasteiger partial charge in [-0.15, -0.1) is 0 Å². The molecule has 0 saturated carbocycles. The molecule has 0 aliphatic carbocycles. The van der Waals surface area contributed by atoms with Gasteiger partial charge in [-0.25, -0.2) is 0 Å². The molecule has 1 rings (SSSR count). The Balaban J connectivity index is 2.18. The van der Waals surface area contributed by atoms with E-state index in [0.717, 1.165) is 122 Å². The molecule has 6 N–H and O–H groups in total. The number of carbonyl (C=O) groups excluding carboxylic acids is 1. The lowest BCUT2D eigenvalue weighted by molar-refractivity contribution is -0.302. The highest BCUT2D eigenvalue weighted by Gasteiger charge is 2.44. The summed E-state index contributed by atoms with van der Waals surface area (Å²) in [6, 6.07) is -0.839. The summed E-state index contributed by atoms with van der Waals surface area (Å²) in [4.78, 5) is 13.0. The van der Waals surface area contributed by atoms with Crippen LogP contribution in [0.3, 0.4) is 0 Å². The SMILES string of the molecule is CC/C=C\C/C=C\C/C=C\C/C=C\C/C=C\C/C=C\C/C=C\C/C=C\C/C=C\C/C=C\C/C=C\CCCCCCCCCC(=O)NC(COC1OC(CO)C(O)C(O)C1O)C(O)/C=C/CC/C=C/CCCCCCCCCC. The van der Waals surface area contributed by atoms with Crippen molar-refractivity contribution in [1.29, 1.82) is 0 Å². The number of ether oxygens (including phenoxy) is 2. The van der Waals surface area contributed by atoms with Crippen molar-refractivity contribution >= 4 is 5.91 Å². The molecular weight excluding hydrogens is 971 g/mol. The van der Waals surface area contributed by atoms with Gasteiger partial charge in [-0.3, -0.25) is 4.79 Å². The summed E-state index contributed by atoms with van der Waals surface area (Å²) in [7, 11) is 0. The van der Waals surface area contributed by atoms with Gasteiger partial charge in [-0.1, -0.05) is 249 Å². The second-order valence-electron chi connectivity index (χ2n) is 20.4. The highest BCUT2D eigenvalue weighted by molar-refractivity contribution is 5.76. The van der Waals surface area contributed by atoms with Crippen molar-refractivity contribution in [3.05, 3.63) is 158 Å². The monoisotopic (exact) mass is 1080 g/mol. The summed E-state index contributed by atoms with van der Waals surface area (Å²) >= 11 is 0. The lowest BCUT2D eigenvalue weighted by atomic mass is 9.99. The van der Waals surface area contributed by atoms with Crippen LogP contribution in [0.5, 0.6) is 0 Å². The lowest BCUT2D eigenvalue weighted by Crippen LogP contribution is -2.60. The van der Waals surface area contributed by atoms with E-state index >= 15 is 0 Å². The molecule has 9 nitrogen and oxygen atoms in total. The van der Waals surface area contributed by atoms with Crippen LogP contribution in [0.1, 0.15) is 213 Å². The van der Waals surface area contributed by atoms with Crippen LogP contribution in [-0.2, 0) is 14.3 Å². The zero-order chi connectivity index (χ0) is 56.5. The number of hydrogen-bond acceptors (Lipinski definition) is 8. The Morgan fingerprint density at radius 3 is 1.23 bits per heavy atom. The molecule has 1 aliphatic heterocycles. The predicted octanol–water partition coefficient (Wildman–Crippen LogP) is 16.0. The predicted molar refractivity (Wildman–Crippen MR) is 331 cm³/mol. The molecule has 0 spiro atoms. The van der Waals surface area contributed by atoms with Crippen molar-refractivity contribution in [2.45, 2.75) is 256 Å². The summed E-state index contributed by atoms with van der Waals surface area (Å²) in [5.74, 6) is -0.206. The van der Waals surface area contributed by atoms with Gasteiger partial charge in [0.15, 0.2) is 6.29 Å². The first-order valence-electron chi connectivity index (χ1n) is 30.7.